The molecule has 53 heavy (non-hydrogen) atoms. The van der Waals surface area contributed by atoms with E-state index in [2.05, 4.69) is 104 Å². The molecule has 5 rings (SSSR count). The number of esters is 2. The van der Waals surface area contributed by atoms with Crippen LogP contribution < -0.4 is 4.74 Å². The van der Waals surface area contributed by atoms with E-state index in [-0.39, 0.29) is 11.9 Å². The maximum Gasteiger partial charge on any atom is 0.330 e. The fraction of sp³-hybridized carbons (Fsp3) is 0.174. The molecule has 0 unspecified atom stereocenters. The number of benzene rings is 5. The molecule has 0 aliphatic heterocycles. The van der Waals surface area contributed by atoms with Crippen LogP contribution in [0, 0.1) is 30.6 Å². The van der Waals surface area contributed by atoms with Gasteiger partial charge in [-0.05, 0) is 127 Å². The van der Waals surface area contributed by atoms with Gasteiger partial charge in [0.25, 0.3) is 0 Å². The zero-order chi connectivity index (χ0) is 37.3. The predicted octanol–water partition coefficient (Wildman–Crippen LogP) is 9.95. The Morgan fingerprint density at radius 2 is 1.08 bits per heavy atom. The summed E-state index contributed by atoms with van der Waals surface area (Å²) in [5.74, 6) is 14.9. The number of ether oxygens (including phenoxy) is 3. The van der Waals surface area contributed by atoms with Gasteiger partial charge in [-0.25, -0.2) is 9.59 Å². The zero-order valence-electron chi connectivity index (χ0n) is 29.7. The summed E-state index contributed by atoms with van der Waals surface area (Å²) in [5, 5.41) is 2.26. The lowest BCUT2D eigenvalue weighted by Crippen LogP contribution is -2.02. The van der Waals surface area contributed by atoms with Gasteiger partial charge < -0.3 is 14.2 Å². The van der Waals surface area contributed by atoms with E-state index in [9.17, 15) is 9.59 Å². The van der Waals surface area contributed by atoms with Crippen LogP contribution in [0.1, 0.15) is 46.2 Å². The Balaban J connectivity index is 1.08. The molecule has 0 aromatic heterocycles. The first kappa shape index (κ1) is 38.6. The molecular formula is C46H40O5S2. The van der Waals surface area contributed by atoms with E-state index in [0.29, 0.717) is 19.8 Å². The second-order valence-corrected chi connectivity index (χ2v) is 14.2. The van der Waals surface area contributed by atoms with Crippen LogP contribution >= 0.6 is 23.5 Å². The van der Waals surface area contributed by atoms with E-state index >= 15 is 0 Å². The summed E-state index contributed by atoms with van der Waals surface area (Å²) in [6.45, 7) is 10.1. The minimum atomic E-state index is -0.384. The van der Waals surface area contributed by atoms with Crippen molar-refractivity contribution in [2.75, 3.05) is 24.7 Å². The molecule has 0 aliphatic rings. The zero-order valence-corrected chi connectivity index (χ0v) is 31.3. The molecule has 0 heterocycles. The normalized spacial score (nSPS) is 10.3. The van der Waals surface area contributed by atoms with Gasteiger partial charge in [-0.1, -0.05) is 55.0 Å². The summed E-state index contributed by atoms with van der Waals surface area (Å²) in [5.41, 5.74) is 5.92. The predicted molar refractivity (Wildman–Crippen MR) is 217 cm³/mol. The van der Waals surface area contributed by atoms with E-state index in [4.69, 9.17) is 14.2 Å². The van der Waals surface area contributed by atoms with Crippen molar-refractivity contribution in [2.45, 2.75) is 36.2 Å². The average molecular weight is 737 g/mol. The molecule has 0 fully saturated rings. The third kappa shape index (κ3) is 12.8. The number of rotatable bonds is 15. The highest BCUT2D eigenvalue weighted by atomic mass is 32.2. The summed E-state index contributed by atoms with van der Waals surface area (Å²) in [7, 11) is 0. The van der Waals surface area contributed by atoms with Gasteiger partial charge in [-0.2, -0.15) is 0 Å². The minimum absolute atomic E-state index is 0.383. The van der Waals surface area contributed by atoms with Crippen molar-refractivity contribution < 1.29 is 23.8 Å². The van der Waals surface area contributed by atoms with E-state index in [0.717, 1.165) is 84.0 Å². The molecule has 0 saturated heterocycles. The van der Waals surface area contributed by atoms with Crippen molar-refractivity contribution in [3.8, 4) is 29.4 Å². The molecule has 5 nitrogen and oxygen atoms in total. The molecule has 5 aromatic rings. The quantitative estimate of drug-likeness (QED) is 0.0349. The number of carbonyl (C=O) groups is 2. The number of aryl methyl sites for hydroxylation is 1. The summed E-state index contributed by atoms with van der Waals surface area (Å²) in [4.78, 5) is 24.5. The number of fused-ring (bicyclic) bond motifs is 1. The van der Waals surface area contributed by atoms with Crippen molar-refractivity contribution in [1.29, 1.82) is 0 Å². The smallest absolute Gasteiger partial charge is 0.330 e. The van der Waals surface area contributed by atoms with Crippen LogP contribution in [0.25, 0.3) is 10.8 Å². The van der Waals surface area contributed by atoms with Gasteiger partial charge in [-0.15, -0.1) is 23.5 Å². The molecule has 266 valence electrons. The number of hydrogen-bond acceptors (Lipinski definition) is 7. The molecule has 0 atom stereocenters. The molecule has 0 aliphatic carbocycles. The van der Waals surface area contributed by atoms with Crippen LogP contribution in [0.4, 0.5) is 0 Å². The van der Waals surface area contributed by atoms with E-state index in [1.807, 2.05) is 43.3 Å². The van der Waals surface area contributed by atoms with Gasteiger partial charge in [0.1, 0.15) is 12.4 Å². The SMILES string of the molecule is C=CC(=O)OCCCSc1ccc(C#Cc2ccc(OCc3ccc4cc(C#Cc5ccc(SCCCOC(=O)C=C)cc5)ccc4c3)c(C)c2)cc1. The number of hydrogen-bond donors (Lipinski definition) is 0. The molecule has 0 amide bonds. The third-order valence-corrected chi connectivity index (χ3v) is 10.0. The van der Waals surface area contributed by atoms with Crippen LogP contribution in [0.15, 0.2) is 138 Å². The van der Waals surface area contributed by atoms with Crippen molar-refractivity contribution in [2.24, 2.45) is 0 Å². The summed E-state index contributed by atoms with van der Waals surface area (Å²) < 4.78 is 16.2. The van der Waals surface area contributed by atoms with Gasteiger partial charge in [0.2, 0.25) is 0 Å². The second-order valence-electron chi connectivity index (χ2n) is 11.9. The highest BCUT2D eigenvalue weighted by Gasteiger charge is 2.04. The summed E-state index contributed by atoms with van der Waals surface area (Å²) in [6, 6.07) is 35.0. The van der Waals surface area contributed by atoms with Gasteiger partial charge in [0.15, 0.2) is 0 Å². The summed E-state index contributed by atoms with van der Waals surface area (Å²) >= 11 is 3.45. The molecular weight excluding hydrogens is 697 g/mol. The monoisotopic (exact) mass is 736 g/mol. The lowest BCUT2D eigenvalue weighted by atomic mass is 10.0. The Hall–Kier alpha value is -5.60. The Kier molecular flexibility index (Phi) is 14.9. The fourth-order valence-corrected chi connectivity index (χ4v) is 6.68. The first-order valence-electron chi connectivity index (χ1n) is 17.2. The van der Waals surface area contributed by atoms with Crippen LogP contribution in [-0.2, 0) is 25.7 Å². The van der Waals surface area contributed by atoms with Crippen LogP contribution in [0.2, 0.25) is 0 Å². The minimum Gasteiger partial charge on any atom is -0.489 e. The molecule has 0 radical (unpaired) electrons. The molecule has 7 heteroatoms. The second kappa shape index (κ2) is 20.4. The largest absolute Gasteiger partial charge is 0.489 e. The van der Waals surface area contributed by atoms with Crippen LogP contribution in [-0.4, -0.2) is 36.7 Å². The van der Waals surface area contributed by atoms with Gasteiger partial charge in [0, 0.05) is 55.7 Å². The Morgan fingerprint density at radius 3 is 1.62 bits per heavy atom. The summed E-state index contributed by atoms with van der Waals surface area (Å²) in [6.07, 6.45) is 3.93. The first-order valence-corrected chi connectivity index (χ1v) is 19.2. The molecule has 0 saturated carbocycles. The Bertz CT molecular complexity index is 2180. The molecule has 5 aromatic carbocycles. The third-order valence-electron chi connectivity index (χ3n) is 7.82. The topological polar surface area (TPSA) is 61.8 Å². The fourth-order valence-electron chi connectivity index (χ4n) is 5.03. The van der Waals surface area contributed by atoms with Crippen molar-refractivity contribution in [1.82, 2.24) is 0 Å². The first-order chi connectivity index (χ1) is 25.9. The Labute approximate surface area is 320 Å². The van der Waals surface area contributed by atoms with E-state index < -0.39 is 0 Å². The highest BCUT2D eigenvalue weighted by molar-refractivity contribution is 7.99. The number of thioether (sulfide) groups is 2. The van der Waals surface area contributed by atoms with Crippen molar-refractivity contribution in [3.05, 3.63) is 162 Å². The maximum absolute atomic E-state index is 11.1. The average Bonchev–Trinajstić information content (AvgIpc) is 3.19. The maximum atomic E-state index is 11.1. The van der Waals surface area contributed by atoms with Gasteiger partial charge in [0.05, 0.1) is 13.2 Å². The standard InChI is InChI=1S/C46H40O5S2/c1-4-45(47)49-26-6-28-52-42-21-14-35(15-22-42)8-10-37-18-25-44(34(3)30-37)51-33-39-13-20-40-31-38(12-19-41(40)32-39)11-9-36-16-23-43(24-17-36)53-29-7-27-50-46(48)5-2/h4-5,12-25,30-32H,1-2,6-7,26-29,33H2,3H3. The van der Waals surface area contributed by atoms with Crippen LogP contribution in [0.3, 0.4) is 0 Å². The lowest BCUT2D eigenvalue weighted by Gasteiger charge is -2.10. The van der Waals surface area contributed by atoms with Gasteiger partial charge >= 0.3 is 11.9 Å². The van der Waals surface area contributed by atoms with Crippen molar-refractivity contribution >= 4 is 46.2 Å². The Morgan fingerprint density at radius 1 is 0.604 bits per heavy atom. The molecule has 0 spiro atoms. The number of carbonyl (C=O) groups excluding carboxylic acids is 2. The van der Waals surface area contributed by atoms with E-state index in [1.54, 1.807) is 23.5 Å². The van der Waals surface area contributed by atoms with E-state index in [1.165, 1.54) is 12.2 Å². The molecule has 0 bridgehead atoms. The highest BCUT2D eigenvalue weighted by Crippen LogP contribution is 2.24. The van der Waals surface area contributed by atoms with Crippen molar-refractivity contribution in [3.63, 3.8) is 0 Å². The van der Waals surface area contributed by atoms with Crippen LogP contribution in [0.5, 0.6) is 5.75 Å². The molecule has 0 N–H and O–H groups in total. The lowest BCUT2D eigenvalue weighted by molar-refractivity contribution is -0.138. The van der Waals surface area contributed by atoms with Gasteiger partial charge in [-0.3, -0.25) is 0 Å².